The number of fused-ring (bicyclic) bond motifs is 2. The van der Waals surface area contributed by atoms with Crippen LogP contribution >= 0.6 is 0 Å². The van der Waals surface area contributed by atoms with Crippen LogP contribution in [-0.4, -0.2) is 39.9 Å². The second kappa shape index (κ2) is 11.8. The molecule has 2 aliphatic carbocycles. The summed E-state index contributed by atoms with van der Waals surface area (Å²) in [6.07, 6.45) is 11.2. The SMILES string of the molecule is CCCCC[C@H](O)CC[C@@H]1C2Cc3cccc(OCC(=O)Nc4ccncc4)c3C[C@H]2C[C@H]1O. The third kappa shape index (κ3) is 6.16. The molecular weight excluding hydrogens is 428 g/mol. The van der Waals surface area contributed by atoms with Crippen molar-refractivity contribution in [3.63, 3.8) is 0 Å². The van der Waals surface area contributed by atoms with Crippen molar-refractivity contribution < 1.29 is 19.7 Å². The number of amides is 1. The van der Waals surface area contributed by atoms with Gasteiger partial charge in [0.2, 0.25) is 0 Å². The molecule has 34 heavy (non-hydrogen) atoms. The van der Waals surface area contributed by atoms with Gasteiger partial charge in [-0.25, -0.2) is 0 Å². The van der Waals surface area contributed by atoms with Crippen molar-refractivity contribution in [1.29, 1.82) is 0 Å². The third-order valence-electron chi connectivity index (χ3n) is 7.64. The Morgan fingerprint density at radius 3 is 2.79 bits per heavy atom. The Kier molecular flexibility index (Phi) is 8.57. The maximum absolute atomic E-state index is 12.3. The maximum atomic E-state index is 12.3. The highest BCUT2D eigenvalue weighted by Gasteiger charge is 2.44. The van der Waals surface area contributed by atoms with Crippen molar-refractivity contribution in [1.82, 2.24) is 4.98 Å². The van der Waals surface area contributed by atoms with Gasteiger partial charge in [-0.3, -0.25) is 9.78 Å². The van der Waals surface area contributed by atoms with Crippen LogP contribution in [0.3, 0.4) is 0 Å². The van der Waals surface area contributed by atoms with Crippen LogP contribution in [0.4, 0.5) is 5.69 Å². The molecule has 1 saturated carbocycles. The number of benzene rings is 1. The molecule has 1 aromatic heterocycles. The average Bonchev–Trinajstić information content (AvgIpc) is 3.14. The largest absolute Gasteiger partial charge is 0.483 e. The molecule has 2 aromatic rings. The van der Waals surface area contributed by atoms with E-state index in [0.717, 1.165) is 50.7 Å². The average molecular weight is 467 g/mol. The van der Waals surface area contributed by atoms with Gasteiger partial charge in [0.1, 0.15) is 5.75 Å². The molecule has 1 aromatic carbocycles. The molecule has 6 nitrogen and oxygen atoms in total. The number of ether oxygens (including phenoxy) is 1. The molecule has 5 atom stereocenters. The van der Waals surface area contributed by atoms with Crippen LogP contribution in [0.5, 0.6) is 5.75 Å². The molecule has 0 saturated heterocycles. The highest BCUT2D eigenvalue weighted by Crippen LogP contribution is 2.48. The smallest absolute Gasteiger partial charge is 0.262 e. The summed E-state index contributed by atoms with van der Waals surface area (Å²) in [6, 6.07) is 9.57. The Morgan fingerprint density at radius 2 is 2.00 bits per heavy atom. The molecule has 184 valence electrons. The third-order valence-corrected chi connectivity index (χ3v) is 7.64. The Hall–Kier alpha value is -2.44. The minimum Gasteiger partial charge on any atom is -0.483 e. The first-order chi connectivity index (χ1) is 16.5. The predicted octanol–water partition coefficient (Wildman–Crippen LogP) is 4.53. The fourth-order valence-corrected chi connectivity index (χ4v) is 5.87. The number of anilines is 1. The minimum absolute atomic E-state index is 0.0476. The van der Waals surface area contributed by atoms with E-state index < -0.39 is 0 Å². The Labute approximate surface area is 202 Å². The van der Waals surface area contributed by atoms with E-state index in [1.165, 1.54) is 24.0 Å². The summed E-state index contributed by atoms with van der Waals surface area (Å²) in [6.45, 7) is 2.13. The Bertz CT molecular complexity index is 935. The lowest BCUT2D eigenvalue weighted by molar-refractivity contribution is -0.118. The number of rotatable bonds is 11. The highest BCUT2D eigenvalue weighted by atomic mass is 16.5. The molecule has 1 fully saturated rings. The number of aliphatic hydroxyl groups excluding tert-OH is 2. The van der Waals surface area contributed by atoms with Gasteiger partial charge in [-0.2, -0.15) is 0 Å². The van der Waals surface area contributed by atoms with E-state index in [0.29, 0.717) is 17.5 Å². The lowest BCUT2D eigenvalue weighted by Gasteiger charge is -2.32. The summed E-state index contributed by atoms with van der Waals surface area (Å²) < 4.78 is 5.94. The van der Waals surface area contributed by atoms with Gasteiger partial charge in [-0.15, -0.1) is 0 Å². The normalized spacial score (nSPS) is 24.2. The van der Waals surface area contributed by atoms with Gasteiger partial charge in [0.25, 0.3) is 5.91 Å². The Morgan fingerprint density at radius 1 is 1.18 bits per heavy atom. The van der Waals surface area contributed by atoms with Crippen molar-refractivity contribution in [3.05, 3.63) is 53.9 Å². The zero-order valence-corrected chi connectivity index (χ0v) is 20.2. The summed E-state index contributed by atoms with van der Waals surface area (Å²) in [5.41, 5.74) is 3.13. The number of hydrogen-bond donors (Lipinski definition) is 3. The zero-order chi connectivity index (χ0) is 23.9. The summed E-state index contributed by atoms with van der Waals surface area (Å²) in [7, 11) is 0. The lowest BCUT2D eigenvalue weighted by Crippen LogP contribution is -2.28. The van der Waals surface area contributed by atoms with Crippen LogP contribution in [0.2, 0.25) is 0 Å². The van der Waals surface area contributed by atoms with E-state index in [4.69, 9.17) is 4.74 Å². The van der Waals surface area contributed by atoms with E-state index >= 15 is 0 Å². The maximum Gasteiger partial charge on any atom is 0.262 e. The van der Waals surface area contributed by atoms with E-state index in [-0.39, 0.29) is 30.6 Å². The number of aliphatic hydroxyl groups is 2. The molecule has 1 amide bonds. The number of carbonyl (C=O) groups is 1. The number of aromatic nitrogens is 1. The topological polar surface area (TPSA) is 91.7 Å². The van der Waals surface area contributed by atoms with Gasteiger partial charge >= 0.3 is 0 Å². The van der Waals surface area contributed by atoms with Crippen molar-refractivity contribution in [2.75, 3.05) is 11.9 Å². The molecular formula is C28H38N2O4. The zero-order valence-electron chi connectivity index (χ0n) is 20.2. The summed E-state index contributed by atoms with van der Waals surface area (Å²) >= 11 is 0. The summed E-state index contributed by atoms with van der Waals surface area (Å²) in [5, 5.41) is 24.0. The van der Waals surface area contributed by atoms with Crippen LogP contribution in [0.25, 0.3) is 0 Å². The van der Waals surface area contributed by atoms with E-state index in [9.17, 15) is 15.0 Å². The molecule has 0 radical (unpaired) electrons. The van der Waals surface area contributed by atoms with Crippen molar-refractivity contribution in [2.24, 2.45) is 17.8 Å². The number of nitrogens with zero attached hydrogens (tertiary/aromatic N) is 1. The lowest BCUT2D eigenvalue weighted by atomic mass is 9.73. The van der Waals surface area contributed by atoms with Crippen LogP contribution in [0.1, 0.15) is 63.0 Å². The highest BCUT2D eigenvalue weighted by molar-refractivity contribution is 5.91. The molecule has 0 spiro atoms. The van der Waals surface area contributed by atoms with Crippen molar-refractivity contribution in [2.45, 2.75) is 76.9 Å². The van der Waals surface area contributed by atoms with Gasteiger partial charge in [0.05, 0.1) is 12.2 Å². The van der Waals surface area contributed by atoms with E-state index in [1.54, 1.807) is 24.5 Å². The second-order valence-corrected chi connectivity index (χ2v) is 9.99. The van der Waals surface area contributed by atoms with Crippen LogP contribution in [-0.2, 0) is 17.6 Å². The van der Waals surface area contributed by atoms with Gasteiger partial charge in [0, 0.05) is 18.1 Å². The minimum atomic E-state index is -0.303. The van der Waals surface area contributed by atoms with Gasteiger partial charge in [-0.05, 0) is 85.6 Å². The fourth-order valence-electron chi connectivity index (χ4n) is 5.87. The molecule has 3 N–H and O–H groups in total. The second-order valence-electron chi connectivity index (χ2n) is 9.99. The molecule has 6 heteroatoms. The molecule has 4 rings (SSSR count). The predicted molar refractivity (Wildman–Crippen MR) is 133 cm³/mol. The molecule has 2 aliphatic rings. The quantitative estimate of drug-likeness (QED) is 0.423. The molecule has 1 unspecified atom stereocenters. The first-order valence-corrected chi connectivity index (χ1v) is 12.8. The standard InChI is InChI=1S/C28H38N2O4/c1-2-3-4-7-22(31)9-10-23-24-15-19-6-5-8-27(25(19)16-20(24)17-26(23)32)34-18-28(33)30-21-11-13-29-14-12-21/h5-6,8,11-14,20,22-24,26,31-32H,2-4,7,9-10,15-18H2,1H3,(H,29,30,33)/t20-,22-,23+,24?,26+/m0/s1. The fraction of sp³-hybridized carbons (Fsp3) is 0.571. The number of hydrogen-bond acceptors (Lipinski definition) is 5. The molecule has 0 bridgehead atoms. The van der Waals surface area contributed by atoms with Gasteiger partial charge in [0.15, 0.2) is 6.61 Å². The number of unbranched alkanes of at least 4 members (excludes halogenated alkanes) is 2. The van der Waals surface area contributed by atoms with Gasteiger partial charge < -0.3 is 20.3 Å². The Balaban J connectivity index is 1.34. The number of pyridine rings is 1. The van der Waals surface area contributed by atoms with Crippen LogP contribution in [0, 0.1) is 17.8 Å². The first kappa shape index (κ1) is 24.7. The summed E-state index contributed by atoms with van der Waals surface area (Å²) in [4.78, 5) is 16.3. The molecule has 1 heterocycles. The monoisotopic (exact) mass is 466 g/mol. The molecule has 0 aliphatic heterocycles. The first-order valence-electron chi connectivity index (χ1n) is 12.8. The van der Waals surface area contributed by atoms with Gasteiger partial charge in [-0.1, -0.05) is 38.3 Å². The van der Waals surface area contributed by atoms with E-state index in [2.05, 4.69) is 23.3 Å². The summed E-state index contributed by atoms with van der Waals surface area (Å²) in [5.74, 6) is 1.67. The van der Waals surface area contributed by atoms with Crippen LogP contribution in [0.15, 0.2) is 42.7 Å². The van der Waals surface area contributed by atoms with Crippen LogP contribution < -0.4 is 10.1 Å². The number of carbonyl (C=O) groups excluding carboxylic acids is 1. The van der Waals surface area contributed by atoms with Crippen molar-refractivity contribution >= 4 is 11.6 Å². The number of nitrogens with one attached hydrogen (secondary N) is 1. The van der Waals surface area contributed by atoms with Crippen molar-refractivity contribution in [3.8, 4) is 5.75 Å². The van der Waals surface area contributed by atoms with E-state index in [1.807, 2.05) is 12.1 Å².